The average molecular weight is 440 g/mol. The Morgan fingerprint density at radius 1 is 1.19 bits per heavy atom. The van der Waals surface area contributed by atoms with Gasteiger partial charge in [0.2, 0.25) is 5.91 Å². The average Bonchev–Trinajstić information content (AvgIpc) is 3.06. The van der Waals surface area contributed by atoms with Gasteiger partial charge in [-0.05, 0) is 64.2 Å². The first kappa shape index (κ1) is 23.6. The second-order valence-electron chi connectivity index (χ2n) is 8.81. The summed E-state index contributed by atoms with van der Waals surface area (Å²) in [5.41, 5.74) is 4.22. The molecule has 0 saturated carbocycles. The molecule has 32 heavy (non-hydrogen) atoms. The predicted octanol–water partition coefficient (Wildman–Crippen LogP) is 3.67. The normalized spacial score (nSPS) is 16.2. The Hall–Kier alpha value is -3.09. The van der Waals surface area contributed by atoms with Crippen LogP contribution < -0.4 is 5.32 Å². The van der Waals surface area contributed by atoms with Gasteiger partial charge in [-0.15, -0.1) is 0 Å². The van der Waals surface area contributed by atoms with Gasteiger partial charge < -0.3 is 19.9 Å². The number of carbonyl (C=O) groups is 3. The number of amides is 2. The molecule has 0 bridgehead atoms. The zero-order valence-electron chi connectivity index (χ0n) is 19.6. The van der Waals surface area contributed by atoms with E-state index >= 15 is 0 Å². The van der Waals surface area contributed by atoms with Crippen molar-refractivity contribution in [2.24, 2.45) is 5.92 Å². The van der Waals surface area contributed by atoms with Gasteiger partial charge in [-0.3, -0.25) is 9.59 Å². The summed E-state index contributed by atoms with van der Waals surface area (Å²) in [4.78, 5) is 43.2. The lowest BCUT2D eigenvalue weighted by Crippen LogP contribution is -2.45. The number of carbonyl (C=O) groups excluding carboxylic acids is 3. The van der Waals surface area contributed by atoms with E-state index in [4.69, 9.17) is 4.74 Å². The number of nitrogens with zero attached hydrogens (tertiary/aromatic N) is 1. The van der Waals surface area contributed by atoms with E-state index in [-0.39, 0.29) is 23.8 Å². The highest BCUT2D eigenvalue weighted by molar-refractivity contribution is 6.00. The van der Waals surface area contributed by atoms with E-state index in [1.165, 1.54) is 0 Å². The zero-order chi connectivity index (χ0) is 23.4. The third kappa shape index (κ3) is 5.21. The van der Waals surface area contributed by atoms with Crippen molar-refractivity contribution in [3.8, 4) is 0 Å². The lowest BCUT2D eigenvalue weighted by Gasteiger charge is -2.32. The van der Waals surface area contributed by atoms with Crippen molar-refractivity contribution in [2.45, 2.75) is 60.1 Å². The molecule has 0 aliphatic carbocycles. The van der Waals surface area contributed by atoms with E-state index in [1.54, 1.807) is 32.6 Å². The van der Waals surface area contributed by atoms with Crippen LogP contribution in [0.1, 0.15) is 69.9 Å². The molecule has 2 heterocycles. The number of ether oxygens (including phenoxy) is 1. The third-order valence-electron chi connectivity index (χ3n) is 5.99. The predicted molar refractivity (Wildman–Crippen MR) is 122 cm³/mol. The molecular formula is C25H33N3O4. The van der Waals surface area contributed by atoms with Gasteiger partial charge in [-0.2, -0.15) is 0 Å². The fourth-order valence-corrected chi connectivity index (χ4v) is 4.21. The van der Waals surface area contributed by atoms with Gasteiger partial charge in [0.15, 0.2) is 0 Å². The van der Waals surface area contributed by atoms with E-state index in [2.05, 4.69) is 10.3 Å². The molecule has 0 radical (unpaired) electrons. The number of H-pyrrole nitrogens is 1. The molecule has 1 aliphatic rings. The number of hydrogen-bond acceptors (Lipinski definition) is 4. The topological polar surface area (TPSA) is 91.5 Å². The molecule has 2 amide bonds. The molecule has 1 atom stereocenters. The molecule has 2 aromatic rings. The molecule has 3 rings (SSSR count). The van der Waals surface area contributed by atoms with Gasteiger partial charge in [0.1, 0.15) is 5.69 Å². The van der Waals surface area contributed by atoms with Gasteiger partial charge >= 0.3 is 5.97 Å². The summed E-state index contributed by atoms with van der Waals surface area (Å²) >= 11 is 0. The number of hydrogen-bond donors (Lipinski definition) is 2. The molecule has 7 heteroatoms. The van der Waals surface area contributed by atoms with E-state index in [1.807, 2.05) is 31.2 Å². The number of aromatic nitrogens is 1. The molecule has 2 N–H and O–H groups in total. The zero-order valence-corrected chi connectivity index (χ0v) is 19.6. The van der Waals surface area contributed by atoms with Crippen LogP contribution in [0.3, 0.4) is 0 Å². The highest BCUT2D eigenvalue weighted by atomic mass is 16.5. The van der Waals surface area contributed by atoms with Gasteiger partial charge in [0.05, 0.1) is 17.6 Å². The first-order valence-corrected chi connectivity index (χ1v) is 11.2. The molecular weight excluding hydrogens is 406 g/mol. The second kappa shape index (κ2) is 10.0. The van der Waals surface area contributed by atoms with E-state index in [9.17, 15) is 14.4 Å². The fraction of sp³-hybridized carbons (Fsp3) is 0.480. The first-order chi connectivity index (χ1) is 15.2. The molecule has 7 nitrogen and oxygen atoms in total. The van der Waals surface area contributed by atoms with Crippen molar-refractivity contribution in [3.05, 3.63) is 57.9 Å². The van der Waals surface area contributed by atoms with Crippen molar-refractivity contribution in [3.63, 3.8) is 0 Å². The van der Waals surface area contributed by atoms with Crippen LogP contribution in [0.25, 0.3) is 0 Å². The summed E-state index contributed by atoms with van der Waals surface area (Å²) in [6, 6.07) is 7.96. The summed E-state index contributed by atoms with van der Waals surface area (Å²) < 4.78 is 5.32. The molecule has 1 aromatic heterocycles. The minimum atomic E-state index is -0.433. The minimum absolute atomic E-state index is 0.0358. The lowest BCUT2D eigenvalue weighted by molar-refractivity contribution is -0.126. The van der Waals surface area contributed by atoms with E-state index in [0.29, 0.717) is 42.1 Å². The van der Waals surface area contributed by atoms with Crippen molar-refractivity contribution in [2.75, 3.05) is 13.1 Å². The maximum absolute atomic E-state index is 13.2. The highest BCUT2D eigenvalue weighted by Crippen LogP contribution is 2.24. The number of aryl methyl sites for hydroxylation is 2. The number of esters is 1. The molecule has 1 aromatic carbocycles. The standard InChI is InChI=1S/C25H33N3O4/c1-15(2)32-25(31)21-17(4)22(27-18(21)5)24(30)28-12-8-11-20(14-28)23(29)26-13-19-10-7-6-9-16(19)3/h6-7,9-10,15,20,27H,8,11-14H2,1-5H3,(H,26,29). The lowest BCUT2D eigenvalue weighted by atomic mass is 9.96. The SMILES string of the molecule is Cc1ccccc1CNC(=O)C1CCCN(C(=O)c2[nH]c(C)c(C(=O)OC(C)C)c2C)C1. The molecule has 1 aliphatic heterocycles. The first-order valence-electron chi connectivity index (χ1n) is 11.2. The Labute approximate surface area is 189 Å². The smallest absolute Gasteiger partial charge is 0.340 e. The number of likely N-dealkylation sites (tertiary alicyclic amines) is 1. The molecule has 1 unspecified atom stereocenters. The van der Waals surface area contributed by atoms with Gasteiger partial charge in [-0.25, -0.2) is 4.79 Å². The summed E-state index contributed by atoms with van der Waals surface area (Å²) in [7, 11) is 0. The largest absolute Gasteiger partial charge is 0.459 e. The summed E-state index contributed by atoms with van der Waals surface area (Å²) in [6.07, 6.45) is 1.27. The summed E-state index contributed by atoms with van der Waals surface area (Å²) in [6.45, 7) is 10.5. The highest BCUT2D eigenvalue weighted by Gasteiger charge is 2.32. The summed E-state index contributed by atoms with van der Waals surface area (Å²) in [5.74, 6) is -0.909. The van der Waals surface area contributed by atoms with Gasteiger partial charge in [0.25, 0.3) is 5.91 Å². The van der Waals surface area contributed by atoms with Crippen molar-refractivity contribution >= 4 is 17.8 Å². The maximum atomic E-state index is 13.2. The Bertz CT molecular complexity index is 1010. The Balaban J connectivity index is 1.67. The molecule has 0 spiro atoms. The second-order valence-corrected chi connectivity index (χ2v) is 8.81. The van der Waals surface area contributed by atoms with Crippen LogP contribution in [0, 0.1) is 26.7 Å². The van der Waals surface area contributed by atoms with Crippen LogP contribution in [0.15, 0.2) is 24.3 Å². The van der Waals surface area contributed by atoms with Crippen LogP contribution in [0.5, 0.6) is 0 Å². The molecule has 1 saturated heterocycles. The van der Waals surface area contributed by atoms with Crippen molar-refractivity contribution in [1.82, 2.24) is 15.2 Å². The van der Waals surface area contributed by atoms with Crippen molar-refractivity contribution < 1.29 is 19.1 Å². The number of nitrogens with one attached hydrogen (secondary N) is 2. The van der Waals surface area contributed by atoms with Crippen LogP contribution in [-0.2, 0) is 16.1 Å². The van der Waals surface area contributed by atoms with Gasteiger partial charge in [-0.1, -0.05) is 24.3 Å². The number of benzene rings is 1. The van der Waals surface area contributed by atoms with Crippen LogP contribution >= 0.6 is 0 Å². The number of rotatable bonds is 6. The third-order valence-corrected chi connectivity index (χ3v) is 5.99. The Kier molecular flexibility index (Phi) is 7.38. The monoisotopic (exact) mass is 439 g/mol. The van der Waals surface area contributed by atoms with E-state index < -0.39 is 5.97 Å². The summed E-state index contributed by atoms with van der Waals surface area (Å²) in [5, 5.41) is 3.02. The van der Waals surface area contributed by atoms with Crippen molar-refractivity contribution in [1.29, 1.82) is 0 Å². The molecule has 172 valence electrons. The Morgan fingerprint density at radius 3 is 2.59 bits per heavy atom. The van der Waals surface area contributed by atoms with Crippen LogP contribution in [0.2, 0.25) is 0 Å². The minimum Gasteiger partial charge on any atom is -0.459 e. The number of piperidine rings is 1. The van der Waals surface area contributed by atoms with Gasteiger partial charge in [0, 0.05) is 25.3 Å². The quantitative estimate of drug-likeness (QED) is 0.672. The number of aromatic amines is 1. The van der Waals surface area contributed by atoms with E-state index in [0.717, 1.165) is 24.0 Å². The molecule has 1 fully saturated rings. The van der Waals surface area contributed by atoms with Crippen LogP contribution in [-0.4, -0.2) is 46.9 Å². The fourth-order valence-electron chi connectivity index (χ4n) is 4.21. The van der Waals surface area contributed by atoms with Crippen LogP contribution in [0.4, 0.5) is 0 Å². The Morgan fingerprint density at radius 2 is 1.91 bits per heavy atom. The maximum Gasteiger partial charge on any atom is 0.340 e.